The Balaban J connectivity index is 1.55. The molecule has 0 unspecified atom stereocenters. The minimum absolute atomic E-state index is 0.00834. The Morgan fingerprint density at radius 2 is 1.79 bits per heavy atom. The molecular formula is C20H18FN2O6-. The van der Waals surface area contributed by atoms with Crippen molar-refractivity contribution in [2.24, 2.45) is 0 Å². The standard InChI is InChI=1S/C20H19FN2O6/c21-14-5-2-1-4-13(14)17(24)22-9-7-20(8-10-22)23(15(12-29-20)19(26)27)18(25)16-6-3-11-28-16/h1-6,11,15H,7-10,12H2,(H,26,27)/p-1/t15-/m0/s1. The fraction of sp³-hybridized carbons (Fsp3) is 0.350. The summed E-state index contributed by atoms with van der Waals surface area (Å²) >= 11 is 0. The lowest BCUT2D eigenvalue weighted by atomic mass is 9.96. The third-order valence-corrected chi connectivity index (χ3v) is 5.42. The summed E-state index contributed by atoms with van der Waals surface area (Å²) < 4.78 is 24.9. The third-order valence-electron chi connectivity index (χ3n) is 5.42. The van der Waals surface area contributed by atoms with Gasteiger partial charge in [0.15, 0.2) is 5.76 Å². The van der Waals surface area contributed by atoms with Crippen molar-refractivity contribution in [1.82, 2.24) is 9.80 Å². The molecule has 2 saturated heterocycles. The van der Waals surface area contributed by atoms with Crippen LogP contribution >= 0.6 is 0 Å². The van der Waals surface area contributed by atoms with Gasteiger partial charge in [0.05, 0.1) is 30.4 Å². The Labute approximate surface area is 165 Å². The van der Waals surface area contributed by atoms with Gasteiger partial charge in [-0.25, -0.2) is 4.39 Å². The molecule has 9 heteroatoms. The quantitative estimate of drug-likeness (QED) is 0.748. The van der Waals surface area contributed by atoms with Gasteiger partial charge < -0.3 is 24.0 Å². The van der Waals surface area contributed by atoms with Crippen LogP contribution in [0.3, 0.4) is 0 Å². The Morgan fingerprint density at radius 1 is 1.07 bits per heavy atom. The van der Waals surface area contributed by atoms with Crippen molar-refractivity contribution in [2.75, 3.05) is 19.7 Å². The number of likely N-dealkylation sites (tertiary alicyclic amines) is 1. The number of halogens is 1. The molecule has 0 saturated carbocycles. The lowest BCUT2D eigenvalue weighted by Gasteiger charge is -2.44. The minimum Gasteiger partial charge on any atom is -0.548 e. The van der Waals surface area contributed by atoms with Crippen LogP contribution in [0.1, 0.15) is 33.8 Å². The number of carboxylic acids is 1. The number of piperidine rings is 1. The van der Waals surface area contributed by atoms with Crippen molar-refractivity contribution in [1.29, 1.82) is 0 Å². The molecule has 0 aliphatic carbocycles. The molecule has 2 aliphatic rings. The van der Waals surface area contributed by atoms with Gasteiger partial charge in [-0.3, -0.25) is 14.5 Å². The molecule has 152 valence electrons. The van der Waals surface area contributed by atoms with Crippen LogP contribution < -0.4 is 5.11 Å². The van der Waals surface area contributed by atoms with Gasteiger partial charge in [-0.2, -0.15) is 0 Å². The molecule has 29 heavy (non-hydrogen) atoms. The Kier molecular flexibility index (Phi) is 4.83. The fourth-order valence-corrected chi connectivity index (χ4v) is 3.93. The first-order valence-corrected chi connectivity index (χ1v) is 9.19. The molecule has 0 bridgehead atoms. The second-order valence-corrected chi connectivity index (χ2v) is 7.02. The number of carbonyl (C=O) groups excluding carboxylic acids is 3. The minimum atomic E-state index is -1.42. The molecule has 2 amide bonds. The smallest absolute Gasteiger partial charge is 0.292 e. The van der Waals surface area contributed by atoms with Crippen LogP contribution in [0.25, 0.3) is 0 Å². The zero-order valence-electron chi connectivity index (χ0n) is 15.4. The number of carboxylic acid groups (broad SMARTS) is 1. The van der Waals surface area contributed by atoms with Crippen molar-refractivity contribution < 1.29 is 33.0 Å². The first-order valence-electron chi connectivity index (χ1n) is 9.19. The van der Waals surface area contributed by atoms with E-state index >= 15 is 0 Å². The van der Waals surface area contributed by atoms with E-state index in [4.69, 9.17) is 9.15 Å². The molecule has 1 spiro atoms. The van der Waals surface area contributed by atoms with E-state index in [1.165, 1.54) is 41.5 Å². The van der Waals surface area contributed by atoms with Crippen LogP contribution in [-0.4, -0.2) is 59.0 Å². The fourth-order valence-electron chi connectivity index (χ4n) is 3.93. The highest BCUT2D eigenvalue weighted by molar-refractivity contribution is 5.96. The van der Waals surface area contributed by atoms with Crippen LogP contribution in [0.4, 0.5) is 4.39 Å². The molecule has 3 heterocycles. The summed E-state index contributed by atoms with van der Waals surface area (Å²) in [5.74, 6) is -3.12. The number of nitrogens with zero attached hydrogens (tertiary/aromatic N) is 2. The number of benzene rings is 1. The van der Waals surface area contributed by atoms with E-state index in [9.17, 15) is 23.9 Å². The molecule has 1 aromatic carbocycles. The Hall–Kier alpha value is -3.20. The zero-order chi connectivity index (χ0) is 20.6. The van der Waals surface area contributed by atoms with Gasteiger partial charge in [0.2, 0.25) is 0 Å². The number of rotatable bonds is 3. The first kappa shape index (κ1) is 19.1. The maximum Gasteiger partial charge on any atom is 0.292 e. The van der Waals surface area contributed by atoms with Gasteiger partial charge >= 0.3 is 0 Å². The van der Waals surface area contributed by atoms with Crippen molar-refractivity contribution in [3.8, 4) is 0 Å². The Bertz CT molecular complexity index is 936. The highest BCUT2D eigenvalue weighted by Crippen LogP contribution is 2.38. The molecule has 1 atom stereocenters. The van der Waals surface area contributed by atoms with Crippen molar-refractivity contribution in [3.63, 3.8) is 0 Å². The summed E-state index contributed by atoms with van der Waals surface area (Å²) in [4.78, 5) is 39.8. The van der Waals surface area contributed by atoms with E-state index in [0.29, 0.717) is 0 Å². The van der Waals surface area contributed by atoms with Gasteiger partial charge in [0, 0.05) is 25.9 Å². The molecule has 4 rings (SSSR count). The van der Waals surface area contributed by atoms with Gasteiger partial charge in [-0.1, -0.05) is 12.1 Å². The van der Waals surface area contributed by atoms with Gasteiger partial charge in [0.1, 0.15) is 11.5 Å². The summed E-state index contributed by atoms with van der Waals surface area (Å²) in [7, 11) is 0. The molecule has 0 radical (unpaired) electrons. The molecular weight excluding hydrogens is 383 g/mol. The largest absolute Gasteiger partial charge is 0.548 e. The molecule has 1 aromatic heterocycles. The number of amides is 2. The van der Waals surface area contributed by atoms with E-state index < -0.39 is 35.4 Å². The van der Waals surface area contributed by atoms with Crippen molar-refractivity contribution in [3.05, 3.63) is 59.8 Å². The summed E-state index contributed by atoms with van der Waals surface area (Å²) in [5.41, 5.74) is -1.23. The van der Waals surface area contributed by atoms with Crippen molar-refractivity contribution >= 4 is 17.8 Å². The van der Waals surface area contributed by atoms with E-state index in [1.807, 2.05) is 0 Å². The summed E-state index contributed by atoms with van der Waals surface area (Å²) in [6, 6.07) is 7.41. The summed E-state index contributed by atoms with van der Waals surface area (Å²) in [6.07, 6.45) is 1.69. The van der Waals surface area contributed by atoms with Gasteiger partial charge in [-0.05, 0) is 24.3 Å². The average Bonchev–Trinajstić information content (AvgIpc) is 3.37. The first-order chi connectivity index (χ1) is 13.9. The lowest BCUT2D eigenvalue weighted by Crippen LogP contribution is -2.60. The van der Waals surface area contributed by atoms with E-state index in [0.717, 1.165) is 4.90 Å². The molecule has 2 aliphatic heterocycles. The SMILES string of the molecule is O=C([O-])[C@@H]1COC2(CCN(C(=O)c3ccccc3F)CC2)N1C(=O)c1ccco1. The third kappa shape index (κ3) is 3.27. The number of hydrogen-bond donors (Lipinski definition) is 0. The highest BCUT2D eigenvalue weighted by Gasteiger charge is 2.53. The normalized spacial score (nSPS) is 20.8. The second-order valence-electron chi connectivity index (χ2n) is 7.02. The number of ether oxygens (including phenoxy) is 1. The molecule has 0 N–H and O–H groups in total. The van der Waals surface area contributed by atoms with E-state index in [-0.39, 0.29) is 43.9 Å². The monoisotopic (exact) mass is 401 g/mol. The summed E-state index contributed by atoms with van der Waals surface area (Å²) in [5, 5.41) is 11.6. The molecule has 2 aromatic rings. The number of carbonyl (C=O) groups is 3. The van der Waals surface area contributed by atoms with Crippen molar-refractivity contribution in [2.45, 2.75) is 24.6 Å². The van der Waals surface area contributed by atoms with E-state index in [2.05, 4.69) is 0 Å². The highest BCUT2D eigenvalue weighted by atomic mass is 19.1. The number of aliphatic carboxylic acids is 1. The second kappa shape index (κ2) is 7.32. The number of hydrogen-bond acceptors (Lipinski definition) is 6. The van der Waals surface area contributed by atoms with Crippen LogP contribution in [0, 0.1) is 5.82 Å². The Morgan fingerprint density at radius 3 is 2.41 bits per heavy atom. The average molecular weight is 401 g/mol. The summed E-state index contributed by atoms with van der Waals surface area (Å²) in [6.45, 7) is 0.139. The van der Waals surface area contributed by atoms with Gasteiger partial charge in [0.25, 0.3) is 11.8 Å². The van der Waals surface area contributed by atoms with Crippen LogP contribution in [0.5, 0.6) is 0 Å². The lowest BCUT2D eigenvalue weighted by molar-refractivity contribution is -0.310. The van der Waals surface area contributed by atoms with E-state index in [1.54, 1.807) is 6.07 Å². The zero-order valence-corrected chi connectivity index (χ0v) is 15.4. The van der Waals surface area contributed by atoms with Crippen LogP contribution in [-0.2, 0) is 9.53 Å². The molecule has 2 fully saturated rings. The maximum absolute atomic E-state index is 13.9. The number of furan rings is 1. The van der Waals surface area contributed by atoms with Crippen LogP contribution in [0.2, 0.25) is 0 Å². The van der Waals surface area contributed by atoms with Gasteiger partial charge in [-0.15, -0.1) is 0 Å². The predicted molar refractivity (Wildman–Crippen MR) is 93.9 cm³/mol. The topological polar surface area (TPSA) is 103 Å². The molecule has 8 nitrogen and oxygen atoms in total. The van der Waals surface area contributed by atoms with Crippen LogP contribution in [0.15, 0.2) is 47.1 Å². The maximum atomic E-state index is 13.9. The predicted octanol–water partition coefficient (Wildman–Crippen LogP) is 0.642.